The minimum absolute atomic E-state index is 0.0110. The highest BCUT2D eigenvalue weighted by atomic mass is 35.5. The average molecular weight is 503 g/mol. The zero-order valence-electron chi connectivity index (χ0n) is 20.4. The lowest BCUT2D eigenvalue weighted by Gasteiger charge is -2.34. The van der Waals surface area contributed by atoms with E-state index in [1.165, 1.54) is 0 Å². The second kappa shape index (κ2) is 11.1. The van der Waals surface area contributed by atoms with Crippen LogP contribution in [0.25, 0.3) is 0 Å². The smallest absolute Gasteiger partial charge is 0.323 e. The molecule has 0 saturated carbocycles. The lowest BCUT2D eigenvalue weighted by molar-refractivity contribution is -0.146. The van der Waals surface area contributed by atoms with E-state index in [0.717, 1.165) is 10.5 Å². The summed E-state index contributed by atoms with van der Waals surface area (Å²) in [7, 11) is 1.56. The van der Waals surface area contributed by atoms with Crippen molar-refractivity contribution >= 4 is 35.1 Å². The molecule has 1 heterocycles. The summed E-state index contributed by atoms with van der Waals surface area (Å²) in [6.07, 6.45) is -0.768. The van der Waals surface area contributed by atoms with Crippen molar-refractivity contribution in [2.24, 2.45) is 5.41 Å². The van der Waals surface area contributed by atoms with E-state index < -0.39 is 30.4 Å². The number of anilines is 1. The predicted molar refractivity (Wildman–Crippen MR) is 133 cm³/mol. The molecule has 0 aliphatic carbocycles. The molecule has 8 nitrogen and oxygen atoms in total. The van der Waals surface area contributed by atoms with E-state index >= 15 is 0 Å². The summed E-state index contributed by atoms with van der Waals surface area (Å²) in [5.41, 5.74) is 1.65. The second-order valence-electron chi connectivity index (χ2n) is 9.63. The highest BCUT2D eigenvalue weighted by molar-refractivity contribution is 6.30. The van der Waals surface area contributed by atoms with Crippen LogP contribution in [-0.2, 0) is 19.1 Å². The van der Waals surface area contributed by atoms with Gasteiger partial charge in [-0.2, -0.15) is 0 Å². The van der Waals surface area contributed by atoms with E-state index in [-0.39, 0.29) is 25.0 Å². The Bertz CT molecular complexity index is 1100. The summed E-state index contributed by atoms with van der Waals surface area (Å²) in [6.45, 7) is 5.39. The molecular formula is C26H31ClN2O6. The third-order valence-electron chi connectivity index (χ3n) is 5.52. The fourth-order valence-corrected chi connectivity index (χ4v) is 4.24. The van der Waals surface area contributed by atoms with Gasteiger partial charge in [-0.1, -0.05) is 50.6 Å². The average Bonchev–Trinajstić information content (AvgIpc) is 2.80. The Balaban J connectivity index is 2.22. The van der Waals surface area contributed by atoms with Crippen LogP contribution in [0, 0.1) is 5.41 Å². The number of carboxylic acids is 1. The van der Waals surface area contributed by atoms with Crippen molar-refractivity contribution in [2.45, 2.75) is 33.3 Å². The molecule has 0 aromatic heterocycles. The van der Waals surface area contributed by atoms with Gasteiger partial charge in [0.2, 0.25) is 11.8 Å². The van der Waals surface area contributed by atoms with E-state index in [0.29, 0.717) is 28.6 Å². The van der Waals surface area contributed by atoms with Crippen molar-refractivity contribution in [1.82, 2.24) is 4.90 Å². The SMILES string of the molecule is COc1ccccc1C1OCCC(=O)N(CC(=O)O)CC(=O)N(CC(C)(C)C)c2ccc(Cl)cc21. The number of methoxy groups -OCH3 is 1. The highest BCUT2D eigenvalue weighted by Crippen LogP contribution is 2.40. The Morgan fingerprint density at radius 2 is 1.86 bits per heavy atom. The number of carbonyl (C=O) groups excluding carboxylic acids is 2. The van der Waals surface area contributed by atoms with Crippen LogP contribution < -0.4 is 9.64 Å². The Hall–Kier alpha value is -3.10. The summed E-state index contributed by atoms with van der Waals surface area (Å²) in [4.78, 5) is 40.6. The van der Waals surface area contributed by atoms with Gasteiger partial charge in [-0.25, -0.2) is 0 Å². The van der Waals surface area contributed by atoms with Gasteiger partial charge >= 0.3 is 5.97 Å². The van der Waals surface area contributed by atoms with Gasteiger partial charge in [0.15, 0.2) is 0 Å². The fourth-order valence-electron chi connectivity index (χ4n) is 4.06. The zero-order valence-corrected chi connectivity index (χ0v) is 21.2. The van der Waals surface area contributed by atoms with Gasteiger partial charge in [0.05, 0.1) is 20.1 Å². The van der Waals surface area contributed by atoms with Crippen molar-refractivity contribution in [3.63, 3.8) is 0 Å². The Labute approximate surface area is 210 Å². The Morgan fingerprint density at radius 3 is 2.51 bits per heavy atom. The van der Waals surface area contributed by atoms with Gasteiger partial charge in [-0.05, 0) is 29.7 Å². The maximum atomic E-state index is 13.6. The van der Waals surface area contributed by atoms with Crippen molar-refractivity contribution in [2.75, 3.05) is 38.3 Å². The number of benzene rings is 2. The third kappa shape index (κ3) is 6.74. The van der Waals surface area contributed by atoms with Gasteiger partial charge in [0, 0.05) is 28.4 Å². The number of aliphatic carboxylic acids is 1. The lowest BCUT2D eigenvalue weighted by Crippen LogP contribution is -2.47. The largest absolute Gasteiger partial charge is 0.496 e. The third-order valence-corrected chi connectivity index (χ3v) is 5.76. The molecule has 1 unspecified atom stereocenters. The van der Waals surface area contributed by atoms with Crippen LogP contribution in [0.1, 0.15) is 44.4 Å². The molecule has 1 atom stereocenters. The summed E-state index contributed by atoms with van der Waals surface area (Å²) in [5.74, 6) is -1.47. The highest BCUT2D eigenvalue weighted by Gasteiger charge is 2.32. The summed E-state index contributed by atoms with van der Waals surface area (Å²) >= 11 is 6.41. The van der Waals surface area contributed by atoms with Crippen LogP contribution in [0.4, 0.5) is 5.69 Å². The van der Waals surface area contributed by atoms with Crippen LogP contribution in [0.2, 0.25) is 5.02 Å². The number of hydrogen-bond donors (Lipinski definition) is 1. The van der Waals surface area contributed by atoms with E-state index in [2.05, 4.69) is 0 Å². The molecule has 0 fully saturated rings. The lowest BCUT2D eigenvalue weighted by atomic mass is 9.93. The molecular weight excluding hydrogens is 472 g/mol. The van der Waals surface area contributed by atoms with E-state index in [4.69, 9.17) is 21.1 Å². The number of carbonyl (C=O) groups is 3. The van der Waals surface area contributed by atoms with Crippen molar-refractivity contribution < 1.29 is 29.0 Å². The molecule has 2 amide bonds. The number of amides is 2. The number of ether oxygens (including phenoxy) is 2. The van der Waals surface area contributed by atoms with Crippen molar-refractivity contribution in [3.05, 3.63) is 58.6 Å². The normalized spacial score (nSPS) is 17.6. The van der Waals surface area contributed by atoms with Gasteiger partial charge < -0.3 is 24.4 Å². The number of rotatable bonds is 5. The Kier molecular flexibility index (Phi) is 8.40. The van der Waals surface area contributed by atoms with Crippen LogP contribution in [-0.4, -0.2) is 61.1 Å². The van der Waals surface area contributed by atoms with Crippen LogP contribution in [0.5, 0.6) is 5.75 Å². The van der Waals surface area contributed by atoms with Crippen LogP contribution in [0.15, 0.2) is 42.5 Å². The number of nitrogens with zero attached hydrogens (tertiary/aromatic N) is 2. The first-order valence-electron chi connectivity index (χ1n) is 11.3. The van der Waals surface area contributed by atoms with E-state index in [1.807, 2.05) is 45.0 Å². The molecule has 1 aliphatic heterocycles. The molecule has 0 spiro atoms. The van der Waals surface area contributed by atoms with Crippen molar-refractivity contribution in [3.8, 4) is 5.75 Å². The first-order valence-corrected chi connectivity index (χ1v) is 11.7. The summed E-state index contributed by atoms with van der Waals surface area (Å²) in [5, 5.41) is 9.79. The topological polar surface area (TPSA) is 96.4 Å². The molecule has 0 bridgehead atoms. The van der Waals surface area contributed by atoms with Gasteiger partial charge in [-0.15, -0.1) is 0 Å². The molecule has 1 aliphatic rings. The van der Waals surface area contributed by atoms with Crippen molar-refractivity contribution in [1.29, 1.82) is 0 Å². The number of halogens is 1. The number of para-hydroxylation sites is 1. The van der Waals surface area contributed by atoms with Crippen LogP contribution in [0.3, 0.4) is 0 Å². The maximum absolute atomic E-state index is 13.6. The molecule has 0 radical (unpaired) electrons. The first kappa shape index (κ1) is 26.5. The minimum atomic E-state index is -1.19. The summed E-state index contributed by atoms with van der Waals surface area (Å²) in [6, 6.07) is 12.6. The maximum Gasteiger partial charge on any atom is 0.323 e. The fraction of sp³-hybridized carbons (Fsp3) is 0.423. The molecule has 0 saturated heterocycles. The number of fused-ring (bicyclic) bond motifs is 1. The standard InChI is InChI=1S/C26H31ClN2O6/c1-26(2,3)16-29-20-10-9-17(27)13-19(20)25(18-7-5-6-8-21(18)34-4)35-12-11-22(30)28(14-23(29)31)15-24(32)33/h5-10,13,25H,11-12,14-16H2,1-4H3,(H,32,33). The molecule has 2 aromatic rings. The van der Waals surface area contributed by atoms with E-state index in [1.54, 1.807) is 30.2 Å². The molecule has 3 rings (SSSR count). The minimum Gasteiger partial charge on any atom is -0.496 e. The van der Waals surface area contributed by atoms with Gasteiger partial charge in [0.1, 0.15) is 24.9 Å². The quantitative estimate of drug-likeness (QED) is 0.659. The van der Waals surface area contributed by atoms with Gasteiger partial charge in [-0.3, -0.25) is 14.4 Å². The molecule has 35 heavy (non-hydrogen) atoms. The summed E-state index contributed by atoms with van der Waals surface area (Å²) < 4.78 is 11.8. The zero-order chi connectivity index (χ0) is 25.8. The van der Waals surface area contributed by atoms with Crippen LogP contribution >= 0.6 is 11.6 Å². The van der Waals surface area contributed by atoms with Gasteiger partial charge in [0.25, 0.3) is 0 Å². The second-order valence-corrected chi connectivity index (χ2v) is 10.1. The predicted octanol–water partition coefficient (Wildman–Crippen LogP) is 4.15. The number of carboxylic acid groups (broad SMARTS) is 1. The molecule has 9 heteroatoms. The molecule has 188 valence electrons. The Morgan fingerprint density at radius 1 is 1.14 bits per heavy atom. The first-order chi connectivity index (χ1) is 16.5. The van der Waals surface area contributed by atoms with E-state index in [9.17, 15) is 19.5 Å². The number of hydrogen-bond acceptors (Lipinski definition) is 5. The molecule has 2 aromatic carbocycles. The monoisotopic (exact) mass is 502 g/mol. The molecule has 1 N–H and O–H groups in total.